The summed E-state index contributed by atoms with van der Waals surface area (Å²) in [7, 11) is 0. The van der Waals surface area contributed by atoms with Crippen LogP contribution in [0.15, 0.2) is 30.5 Å². The fourth-order valence-corrected chi connectivity index (χ4v) is 1.92. The van der Waals surface area contributed by atoms with Gasteiger partial charge < -0.3 is 5.32 Å². The molecule has 0 unspecified atom stereocenters. The topological polar surface area (TPSA) is 42.7 Å². The van der Waals surface area contributed by atoms with Gasteiger partial charge in [0.15, 0.2) is 0 Å². The fourth-order valence-electron chi connectivity index (χ4n) is 1.92. The average molecular weight is 258 g/mol. The molecule has 19 heavy (non-hydrogen) atoms. The summed E-state index contributed by atoms with van der Waals surface area (Å²) in [5.74, 6) is 0.515. The molecular weight excluding hydrogens is 236 g/mol. The number of hydrogen-bond acceptors (Lipinski definition) is 3. The Morgan fingerprint density at radius 2 is 2.00 bits per heavy atom. The fraction of sp³-hybridized carbons (Fsp3) is 0.467. The lowest BCUT2D eigenvalue weighted by atomic mass is 10.0. The van der Waals surface area contributed by atoms with Crippen molar-refractivity contribution < 1.29 is 0 Å². The first-order valence-electron chi connectivity index (χ1n) is 6.81. The predicted molar refractivity (Wildman–Crippen MR) is 77.4 cm³/mol. The van der Waals surface area contributed by atoms with Crippen molar-refractivity contribution >= 4 is 0 Å². The molecule has 102 valence electrons. The first-order valence-corrected chi connectivity index (χ1v) is 6.81. The first kappa shape index (κ1) is 13.7. The lowest BCUT2D eigenvalue weighted by molar-refractivity contribution is 0.570. The molecule has 1 aromatic heterocycles. The Balaban J connectivity index is 2.26. The van der Waals surface area contributed by atoms with E-state index in [0.717, 1.165) is 17.9 Å². The second-order valence-electron chi connectivity index (χ2n) is 5.42. The highest BCUT2D eigenvalue weighted by atomic mass is 15.4. The maximum absolute atomic E-state index is 4.19. The highest BCUT2D eigenvalue weighted by Gasteiger charge is 2.08. The largest absolute Gasteiger partial charge is 0.309 e. The van der Waals surface area contributed by atoms with Crippen LogP contribution < -0.4 is 5.32 Å². The van der Waals surface area contributed by atoms with Crippen LogP contribution in [0.3, 0.4) is 0 Å². The van der Waals surface area contributed by atoms with Gasteiger partial charge in [-0.1, -0.05) is 45.0 Å². The highest BCUT2D eigenvalue weighted by Crippen LogP contribution is 2.18. The van der Waals surface area contributed by atoms with Gasteiger partial charge >= 0.3 is 0 Å². The van der Waals surface area contributed by atoms with Crippen molar-refractivity contribution in [2.75, 3.05) is 0 Å². The minimum atomic E-state index is 0.449. The van der Waals surface area contributed by atoms with Gasteiger partial charge in [-0.3, -0.25) is 0 Å². The average Bonchev–Trinajstić information content (AvgIpc) is 2.84. The van der Waals surface area contributed by atoms with Crippen LogP contribution in [0.4, 0.5) is 0 Å². The minimum absolute atomic E-state index is 0.449. The van der Waals surface area contributed by atoms with Gasteiger partial charge in [0, 0.05) is 12.6 Å². The smallest absolute Gasteiger partial charge is 0.0783 e. The Bertz CT molecular complexity index is 528. The Morgan fingerprint density at radius 3 is 2.68 bits per heavy atom. The standard InChI is InChI=1S/C15H22N4/c1-11(2)13-6-5-7-14(8-13)19-15(10-17-18-19)9-16-12(3)4/h5-8,10-12,16H,9H2,1-4H3. The number of nitrogens with one attached hydrogen (secondary N) is 1. The Morgan fingerprint density at radius 1 is 1.21 bits per heavy atom. The van der Waals surface area contributed by atoms with E-state index in [1.165, 1.54) is 5.56 Å². The van der Waals surface area contributed by atoms with Crippen molar-refractivity contribution in [3.8, 4) is 5.69 Å². The van der Waals surface area contributed by atoms with Crippen LogP contribution >= 0.6 is 0 Å². The molecule has 2 rings (SSSR count). The molecular formula is C15H22N4. The van der Waals surface area contributed by atoms with Crippen LogP contribution in [0.25, 0.3) is 5.69 Å². The first-order chi connectivity index (χ1) is 9.08. The second kappa shape index (κ2) is 5.97. The molecule has 4 heteroatoms. The number of rotatable bonds is 5. The molecule has 0 saturated carbocycles. The van der Waals surface area contributed by atoms with E-state index in [-0.39, 0.29) is 0 Å². The van der Waals surface area contributed by atoms with Gasteiger partial charge in [-0.15, -0.1) is 5.10 Å². The van der Waals surface area contributed by atoms with Crippen LogP contribution in [0.2, 0.25) is 0 Å². The minimum Gasteiger partial charge on any atom is -0.309 e. The number of hydrogen-bond donors (Lipinski definition) is 1. The maximum atomic E-state index is 4.19. The van der Waals surface area contributed by atoms with E-state index in [9.17, 15) is 0 Å². The van der Waals surface area contributed by atoms with Gasteiger partial charge in [0.1, 0.15) is 0 Å². The van der Waals surface area contributed by atoms with Crippen molar-refractivity contribution in [2.45, 2.75) is 46.2 Å². The van der Waals surface area contributed by atoms with Gasteiger partial charge in [0.2, 0.25) is 0 Å². The van der Waals surface area contributed by atoms with Crippen molar-refractivity contribution in [2.24, 2.45) is 0 Å². The molecule has 0 aliphatic carbocycles. The van der Waals surface area contributed by atoms with Crippen molar-refractivity contribution in [3.05, 3.63) is 41.7 Å². The molecule has 1 heterocycles. The van der Waals surface area contributed by atoms with Gasteiger partial charge in [-0.2, -0.15) is 0 Å². The Kier molecular flexibility index (Phi) is 4.32. The van der Waals surface area contributed by atoms with E-state index >= 15 is 0 Å². The third-order valence-electron chi connectivity index (χ3n) is 3.09. The van der Waals surface area contributed by atoms with E-state index in [1.807, 2.05) is 10.9 Å². The number of benzene rings is 1. The normalized spacial score (nSPS) is 11.5. The van der Waals surface area contributed by atoms with Crippen molar-refractivity contribution in [3.63, 3.8) is 0 Å². The van der Waals surface area contributed by atoms with E-state index in [4.69, 9.17) is 0 Å². The molecule has 1 N–H and O–H groups in total. The maximum Gasteiger partial charge on any atom is 0.0783 e. The summed E-state index contributed by atoms with van der Waals surface area (Å²) in [6.07, 6.45) is 1.82. The van der Waals surface area contributed by atoms with E-state index in [1.54, 1.807) is 0 Å². The zero-order valence-electron chi connectivity index (χ0n) is 12.1. The second-order valence-corrected chi connectivity index (χ2v) is 5.42. The zero-order chi connectivity index (χ0) is 13.8. The summed E-state index contributed by atoms with van der Waals surface area (Å²) >= 11 is 0. The molecule has 0 aliphatic rings. The molecule has 0 aliphatic heterocycles. The zero-order valence-corrected chi connectivity index (χ0v) is 12.1. The van der Waals surface area contributed by atoms with Crippen LogP contribution in [0.5, 0.6) is 0 Å². The quantitative estimate of drug-likeness (QED) is 0.896. The monoisotopic (exact) mass is 258 g/mol. The summed E-state index contributed by atoms with van der Waals surface area (Å²) in [6.45, 7) is 9.43. The molecule has 0 bridgehead atoms. The summed E-state index contributed by atoms with van der Waals surface area (Å²) in [4.78, 5) is 0. The van der Waals surface area contributed by atoms with Crippen LogP contribution in [0, 0.1) is 0 Å². The molecule has 0 amide bonds. The van der Waals surface area contributed by atoms with Crippen LogP contribution in [-0.4, -0.2) is 21.0 Å². The van der Waals surface area contributed by atoms with Crippen LogP contribution in [0.1, 0.15) is 44.9 Å². The number of nitrogens with zero attached hydrogens (tertiary/aromatic N) is 3. The Labute approximate surface area is 114 Å². The molecule has 2 aromatic rings. The molecule has 0 atom stereocenters. The third kappa shape index (κ3) is 3.41. The van der Waals surface area contributed by atoms with E-state index < -0.39 is 0 Å². The molecule has 0 spiro atoms. The van der Waals surface area contributed by atoms with Crippen LogP contribution in [-0.2, 0) is 6.54 Å². The summed E-state index contributed by atoms with van der Waals surface area (Å²) in [6, 6.07) is 8.92. The lowest BCUT2D eigenvalue weighted by Crippen LogP contribution is -2.23. The molecule has 0 fully saturated rings. The Hall–Kier alpha value is -1.68. The number of aromatic nitrogens is 3. The van der Waals surface area contributed by atoms with Gasteiger partial charge in [0.25, 0.3) is 0 Å². The lowest BCUT2D eigenvalue weighted by Gasteiger charge is -2.11. The summed E-state index contributed by atoms with van der Waals surface area (Å²) in [5, 5.41) is 11.6. The molecule has 0 radical (unpaired) electrons. The van der Waals surface area contributed by atoms with Crippen molar-refractivity contribution in [1.82, 2.24) is 20.3 Å². The third-order valence-corrected chi connectivity index (χ3v) is 3.09. The summed E-state index contributed by atoms with van der Waals surface area (Å²) in [5.41, 5.74) is 3.47. The SMILES string of the molecule is CC(C)NCc1cnnn1-c1cccc(C(C)C)c1. The molecule has 4 nitrogen and oxygen atoms in total. The molecule has 1 aromatic carbocycles. The molecule has 0 saturated heterocycles. The van der Waals surface area contributed by atoms with Gasteiger partial charge in [-0.05, 0) is 23.6 Å². The predicted octanol–water partition coefficient (Wildman–Crippen LogP) is 2.89. The highest BCUT2D eigenvalue weighted by molar-refractivity contribution is 5.37. The van der Waals surface area contributed by atoms with Gasteiger partial charge in [-0.25, -0.2) is 4.68 Å². The van der Waals surface area contributed by atoms with E-state index in [0.29, 0.717) is 12.0 Å². The van der Waals surface area contributed by atoms with Crippen molar-refractivity contribution in [1.29, 1.82) is 0 Å². The van der Waals surface area contributed by atoms with E-state index in [2.05, 4.69) is 67.6 Å². The van der Waals surface area contributed by atoms with Gasteiger partial charge in [0.05, 0.1) is 17.6 Å². The summed E-state index contributed by atoms with van der Waals surface area (Å²) < 4.78 is 1.90.